The van der Waals surface area contributed by atoms with E-state index in [2.05, 4.69) is 0 Å². The van der Waals surface area contributed by atoms with Crippen LogP contribution in [0.3, 0.4) is 0 Å². The topological polar surface area (TPSA) is 47.6 Å². The van der Waals surface area contributed by atoms with Gasteiger partial charge in [-0.2, -0.15) is 10.5 Å². The van der Waals surface area contributed by atoms with Gasteiger partial charge in [0, 0.05) is 0 Å². The van der Waals surface area contributed by atoms with Crippen LogP contribution < -0.4 is 0 Å². The molecule has 0 aromatic heterocycles. The highest BCUT2D eigenvalue weighted by Gasteiger charge is 2.04. The van der Waals surface area contributed by atoms with Crippen LogP contribution in [0, 0.1) is 22.7 Å². The zero-order valence-corrected chi connectivity index (χ0v) is 6.83. The van der Waals surface area contributed by atoms with E-state index < -0.39 is 0 Å². The Kier molecular flexibility index (Phi) is 2.46. The number of hydrogen-bond acceptors (Lipinski definition) is 2. The molecule has 0 saturated heterocycles. The Hall–Kier alpha value is -1.80. The average molecular weight is 156 g/mol. The van der Waals surface area contributed by atoms with Crippen molar-refractivity contribution in [2.75, 3.05) is 0 Å². The van der Waals surface area contributed by atoms with Crippen LogP contribution in [0.2, 0.25) is 0 Å². The number of hydrogen-bond donors (Lipinski definition) is 0. The molecule has 2 heteroatoms. The van der Waals surface area contributed by atoms with Gasteiger partial charge in [-0.25, -0.2) is 0 Å². The molecule has 0 atom stereocenters. The number of nitriles is 2. The second-order valence-corrected chi connectivity index (χ2v) is 2.42. The second kappa shape index (κ2) is 3.55. The molecule has 0 aliphatic heterocycles. The number of aryl methyl sites for hydroxylation is 1. The Labute approximate surface area is 71.7 Å². The zero-order chi connectivity index (χ0) is 8.97. The maximum Gasteiger partial charge on any atom is 0.101 e. The summed E-state index contributed by atoms with van der Waals surface area (Å²) in [6.07, 6.45) is 0.790. The van der Waals surface area contributed by atoms with Crippen molar-refractivity contribution >= 4 is 0 Å². The lowest BCUT2D eigenvalue weighted by molar-refractivity contribution is 1.12. The van der Waals surface area contributed by atoms with Gasteiger partial charge in [0.05, 0.1) is 11.1 Å². The smallest absolute Gasteiger partial charge is 0.101 e. The molecule has 0 aliphatic rings. The third-order valence-electron chi connectivity index (χ3n) is 1.76. The van der Waals surface area contributed by atoms with Gasteiger partial charge < -0.3 is 0 Å². The Balaban J connectivity index is 3.37. The van der Waals surface area contributed by atoms with E-state index in [4.69, 9.17) is 10.5 Å². The summed E-state index contributed by atoms with van der Waals surface area (Å²) in [5.74, 6) is 0. The van der Waals surface area contributed by atoms with Crippen molar-refractivity contribution in [2.45, 2.75) is 13.3 Å². The summed E-state index contributed by atoms with van der Waals surface area (Å²) < 4.78 is 0. The molecule has 0 bridgehead atoms. The van der Waals surface area contributed by atoms with Crippen molar-refractivity contribution in [3.63, 3.8) is 0 Å². The van der Waals surface area contributed by atoms with Gasteiger partial charge in [-0.05, 0) is 18.1 Å². The number of nitrogens with zero attached hydrogens (tertiary/aromatic N) is 2. The lowest BCUT2D eigenvalue weighted by Gasteiger charge is -1.99. The highest BCUT2D eigenvalue weighted by Crippen LogP contribution is 2.13. The molecule has 0 spiro atoms. The number of benzene rings is 1. The van der Waals surface area contributed by atoms with Gasteiger partial charge >= 0.3 is 0 Å². The van der Waals surface area contributed by atoms with Gasteiger partial charge in [0.15, 0.2) is 0 Å². The SMILES string of the molecule is CCc1cccc(C#N)c1C#N. The fraction of sp³-hybridized carbons (Fsp3) is 0.200. The van der Waals surface area contributed by atoms with Gasteiger partial charge in [0.1, 0.15) is 12.1 Å². The van der Waals surface area contributed by atoms with Crippen molar-refractivity contribution in [3.05, 3.63) is 34.9 Å². The van der Waals surface area contributed by atoms with Crippen LogP contribution in [0.15, 0.2) is 18.2 Å². The molecule has 1 rings (SSSR count). The van der Waals surface area contributed by atoms with Crippen LogP contribution in [-0.2, 0) is 6.42 Å². The summed E-state index contributed by atoms with van der Waals surface area (Å²) in [5, 5.41) is 17.4. The predicted molar refractivity (Wildman–Crippen MR) is 45.3 cm³/mol. The van der Waals surface area contributed by atoms with Crippen molar-refractivity contribution in [3.8, 4) is 12.1 Å². The molecule has 1 aromatic carbocycles. The Morgan fingerprint density at radius 3 is 2.50 bits per heavy atom. The third kappa shape index (κ3) is 1.28. The normalized spacial score (nSPS) is 8.58. The first-order chi connectivity index (χ1) is 5.83. The van der Waals surface area contributed by atoms with Crippen molar-refractivity contribution in [1.29, 1.82) is 10.5 Å². The highest BCUT2D eigenvalue weighted by atomic mass is 14.3. The Bertz CT molecular complexity index is 366. The Morgan fingerprint density at radius 1 is 1.25 bits per heavy atom. The minimum Gasteiger partial charge on any atom is -0.192 e. The molecule has 0 unspecified atom stereocenters. The zero-order valence-electron chi connectivity index (χ0n) is 6.83. The van der Waals surface area contributed by atoms with Crippen LogP contribution in [0.4, 0.5) is 0 Å². The third-order valence-corrected chi connectivity index (χ3v) is 1.76. The van der Waals surface area contributed by atoms with Crippen LogP contribution in [-0.4, -0.2) is 0 Å². The van der Waals surface area contributed by atoms with E-state index in [9.17, 15) is 0 Å². The summed E-state index contributed by atoms with van der Waals surface area (Å²) in [4.78, 5) is 0. The molecule has 58 valence electrons. The fourth-order valence-electron chi connectivity index (χ4n) is 1.12. The first kappa shape index (κ1) is 8.30. The lowest BCUT2D eigenvalue weighted by Crippen LogP contribution is -1.90. The summed E-state index contributed by atoms with van der Waals surface area (Å²) in [5.41, 5.74) is 1.93. The molecule has 0 amide bonds. The van der Waals surface area contributed by atoms with E-state index >= 15 is 0 Å². The molecule has 0 aliphatic carbocycles. The quantitative estimate of drug-likeness (QED) is 0.624. The van der Waals surface area contributed by atoms with E-state index in [0.717, 1.165) is 12.0 Å². The maximum absolute atomic E-state index is 8.76. The van der Waals surface area contributed by atoms with Gasteiger partial charge in [0.2, 0.25) is 0 Å². The molecule has 0 saturated carbocycles. The van der Waals surface area contributed by atoms with E-state index in [-0.39, 0.29) is 0 Å². The number of rotatable bonds is 1. The molecule has 2 nitrogen and oxygen atoms in total. The summed E-state index contributed by atoms with van der Waals surface area (Å²) in [6, 6.07) is 9.38. The van der Waals surface area contributed by atoms with Gasteiger partial charge in [0.25, 0.3) is 0 Å². The van der Waals surface area contributed by atoms with Crippen molar-refractivity contribution < 1.29 is 0 Å². The summed E-state index contributed by atoms with van der Waals surface area (Å²) in [7, 11) is 0. The largest absolute Gasteiger partial charge is 0.192 e. The molecule has 12 heavy (non-hydrogen) atoms. The second-order valence-electron chi connectivity index (χ2n) is 2.42. The molecule has 0 fully saturated rings. The minimum absolute atomic E-state index is 0.469. The van der Waals surface area contributed by atoms with Crippen molar-refractivity contribution in [2.24, 2.45) is 0 Å². The fourth-order valence-corrected chi connectivity index (χ4v) is 1.12. The molecular weight excluding hydrogens is 148 g/mol. The van der Waals surface area contributed by atoms with E-state index in [1.807, 2.05) is 25.1 Å². The summed E-state index contributed by atoms with van der Waals surface area (Å²) >= 11 is 0. The summed E-state index contributed by atoms with van der Waals surface area (Å²) in [6.45, 7) is 1.97. The van der Waals surface area contributed by atoms with Crippen LogP contribution in [0.1, 0.15) is 23.6 Å². The first-order valence-electron chi connectivity index (χ1n) is 3.75. The Morgan fingerprint density at radius 2 is 2.00 bits per heavy atom. The lowest BCUT2D eigenvalue weighted by atomic mass is 10.0. The average Bonchev–Trinajstić information content (AvgIpc) is 2.16. The molecule has 0 radical (unpaired) electrons. The van der Waals surface area contributed by atoms with Crippen LogP contribution >= 0.6 is 0 Å². The van der Waals surface area contributed by atoms with Crippen LogP contribution in [0.5, 0.6) is 0 Å². The van der Waals surface area contributed by atoms with E-state index in [1.54, 1.807) is 12.1 Å². The van der Waals surface area contributed by atoms with Gasteiger partial charge in [-0.1, -0.05) is 19.1 Å². The standard InChI is InChI=1S/C10H8N2/c1-2-8-4-3-5-9(6-11)10(8)7-12/h3-5H,2H2,1H3. The van der Waals surface area contributed by atoms with E-state index in [1.165, 1.54) is 0 Å². The minimum atomic E-state index is 0.469. The first-order valence-corrected chi connectivity index (χ1v) is 3.75. The predicted octanol–water partition coefficient (Wildman–Crippen LogP) is 1.99. The molecule has 1 aromatic rings. The van der Waals surface area contributed by atoms with Gasteiger partial charge in [-0.15, -0.1) is 0 Å². The van der Waals surface area contributed by atoms with Crippen LogP contribution in [0.25, 0.3) is 0 Å². The molecule has 0 heterocycles. The maximum atomic E-state index is 8.76. The highest BCUT2D eigenvalue weighted by molar-refractivity contribution is 5.50. The van der Waals surface area contributed by atoms with Gasteiger partial charge in [-0.3, -0.25) is 0 Å². The van der Waals surface area contributed by atoms with Crippen molar-refractivity contribution in [1.82, 2.24) is 0 Å². The molecular formula is C10H8N2. The molecule has 0 N–H and O–H groups in total. The van der Waals surface area contributed by atoms with E-state index in [0.29, 0.717) is 11.1 Å². The monoisotopic (exact) mass is 156 g/mol.